The predicted octanol–water partition coefficient (Wildman–Crippen LogP) is 3.14. The molecule has 2 rings (SSSR count). The summed E-state index contributed by atoms with van der Waals surface area (Å²) < 4.78 is 0. The molecule has 5 nitrogen and oxygen atoms in total. The molecule has 0 aromatic heterocycles. The average Bonchev–Trinajstić information content (AvgIpc) is 3.09. The summed E-state index contributed by atoms with van der Waals surface area (Å²) in [6.07, 6.45) is 6.02. The monoisotopic (exact) mass is 387 g/mol. The second-order valence-corrected chi connectivity index (χ2v) is 8.41. The van der Waals surface area contributed by atoms with Gasteiger partial charge in [-0.25, -0.2) is 0 Å². The molecule has 5 heteroatoms. The van der Waals surface area contributed by atoms with Gasteiger partial charge in [-0.05, 0) is 56.6 Å². The third kappa shape index (κ3) is 8.01. The summed E-state index contributed by atoms with van der Waals surface area (Å²) in [6.45, 7) is 8.31. The lowest BCUT2D eigenvalue weighted by Crippen LogP contribution is -2.49. The van der Waals surface area contributed by atoms with Crippen molar-refractivity contribution in [2.75, 3.05) is 19.6 Å². The number of nitrogens with zero attached hydrogens (tertiary/aromatic N) is 1. The van der Waals surface area contributed by atoms with Gasteiger partial charge in [0.15, 0.2) is 0 Å². The molecule has 0 unspecified atom stereocenters. The number of carbonyl (C=O) groups excluding carboxylic acids is 2. The third-order valence-corrected chi connectivity index (χ3v) is 5.32. The number of hydrogen-bond donors (Lipinski definition) is 2. The van der Waals surface area contributed by atoms with Gasteiger partial charge >= 0.3 is 0 Å². The molecule has 0 spiro atoms. The lowest BCUT2D eigenvalue weighted by atomic mass is 10.0. The maximum atomic E-state index is 12.7. The van der Waals surface area contributed by atoms with E-state index in [2.05, 4.69) is 53.6 Å². The summed E-state index contributed by atoms with van der Waals surface area (Å²) in [7, 11) is 0. The number of hydrogen-bond acceptors (Lipinski definition) is 3. The van der Waals surface area contributed by atoms with E-state index < -0.39 is 0 Å². The highest BCUT2D eigenvalue weighted by Gasteiger charge is 2.32. The molecule has 0 saturated carbocycles. The van der Waals surface area contributed by atoms with Gasteiger partial charge in [0.2, 0.25) is 11.8 Å². The summed E-state index contributed by atoms with van der Waals surface area (Å²) in [5, 5.41) is 6.19. The van der Waals surface area contributed by atoms with Crippen molar-refractivity contribution in [3.8, 4) is 0 Å². The van der Waals surface area contributed by atoms with Crippen molar-refractivity contribution in [3.05, 3.63) is 35.9 Å². The van der Waals surface area contributed by atoms with E-state index in [1.54, 1.807) is 6.92 Å². The van der Waals surface area contributed by atoms with Crippen molar-refractivity contribution in [1.29, 1.82) is 0 Å². The van der Waals surface area contributed by atoms with E-state index in [-0.39, 0.29) is 23.9 Å². The summed E-state index contributed by atoms with van der Waals surface area (Å²) in [4.78, 5) is 26.4. The van der Waals surface area contributed by atoms with Gasteiger partial charge in [0.25, 0.3) is 0 Å². The molecule has 2 atom stereocenters. The number of nitrogens with one attached hydrogen (secondary N) is 2. The number of carbonyl (C=O) groups is 2. The molecule has 1 saturated heterocycles. The number of benzene rings is 1. The van der Waals surface area contributed by atoms with Crippen molar-refractivity contribution < 1.29 is 9.59 Å². The Bertz CT molecular complexity index is 603. The second-order valence-electron chi connectivity index (χ2n) is 8.41. The van der Waals surface area contributed by atoms with E-state index in [9.17, 15) is 9.59 Å². The van der Waals surface area contributed by atoms with Crippen LogP contribution in [0.5, 0.6) is 0 Å². The number of aryl methyl sites for hydroxylation is 1. The SMILES string of the molecule is CC(=O)N[C@@H](CC(C)C)CN1CCC[C@H]1C(=O)NCCCCc1ccccc1. The van der Waals surface area contributed by atoms with E-state index in [1.165, 1.54) is 5.56 Å². The first kappa shape index (κ1) is 22.4. The van der Waals surface area contributed by atoms with E-state index >= 15 is 0 Å². The maximum absolute atomic E-state index is 12.7. The van der Waals surface area contributed by atoms with Gasteiger partial charge in [0, 0.05) is 26.1 Å². The molecule has 2 amide bonds. The summed E-state index contributed by atoms with van der Waals surface area (Å²) in [5.41, 5.74) is 1.35. The number of unbranched alkanes of at least 4 members (excludes halogenated alkanes) is 1. The van der Waals surface area contributed by atoms with Crippen LogP contribution in [0.15, 0.2) is 30.3 Å². The second kappa shape index (κ2) is 11.8. The van der Waals surface area contributed by atoms with Gasteiger partial charge in [-0.2, -0.15) is 0 Å². The Morgan fingerprint density at radius 2 is 1.93 bits per heavy atom. The molecule has 1 aliphatic rings. The zero-order valence-electron chi connectivity index (χ0n) is 17.7. The van der Waals surface area contributed by atoms with Gasteiger partial charge in [-0.15, -0.1) is 0 Å². The predicted molar refractivity (Wildman–Crippen MR) is 114 cm³/mol. The van der Waals surface area contributed by atoms with Crippen molar-refractivity contribution in [2.45, 2.75) is 71.4 Å². The van der Waals surface area contributed by atoms with E-state index in [0.29, 0.717) is 5.92 Å². The number of likely N-dealkylation sites (tertiary alicyclic amines) is 1. The molecule has 0 aliphatic carbocycles. The van der Waals surface area contributed by atoms with Crippen LogP contribution in [0.3, 0.4) is 0 Å². The fraction of sp³-hybridized carbons (Fsp3) is 0.652. The summed E-state index contributed by atoms with van der Waals surface area (Å²) in [6, 6.07) is 10.5. The molecule has 156 valence electrons. The van der Waals surface area contributed by atoms with Crippen LogP contribution in [0.25, 0.3) is 0 Å². The lowest BCUT2D eigenvalue weighted by molar-refractivity contribution is -0.125. The fourth-order valence-electron chi connectivity index (χ4n) is 4.09. The van der Waals surface area contributed by atoms with Crippen LogP contribution < -0.4 is 10.6 Å². The Labute approximate surface area is 170 Å². The maximum Gasteiger partial charge on any atom is 0.237 e. The smallest absolute Gasteiger partial charge is 0.237 e. The topological polar surface area (TPSA) is 61.4 Å². The first-order valence-corrected chi connectivity index (χ1v) is 10.8. The van der Waals surface area contributed by atoms with Crippen LogP contribution in [0.4, 0.5) is 0 Å². The highest BCUT2D eigenvalue weighted by molar-refractivity contribution is 5.82. The standard InChI is InChI=1S/C23H37N3O2/c1-18(2)16-21(25-19(3)27)17-26-15-9-13-22(26)23(28)24-14-8-7-12-20-10-5-4-6-11-20/h4-6,10-11,18,21-22H,7-9,12-17H2,1-3H3,(H,24,28)(H,25,27)/t21-,22-/m0/s1. The van der Waals surface area contributed by atoms with Gasteiger partial charge in [-0.1, -0.05) is 44.2 Å². The summed E-state index contributed by atoms with van der Waals surface area (Å²) in [5.74, 6) is 0.656. The number of rotatable bonds is 11. The Morgan fingerprint density at radius 1 is 1.18 bits per heavy atom. The zero-order valence-corrected chi connectivity index (χ0v) is 17.7. The summed E-state index contributed by atoms with van der Waals surface area (Å²) >= 11 is 0. The quantitative estimate of drug-likeness (QED) is 0.574. The fourth-order valence-corrected chi connectivity index (χ4v) is 4.09. The molecular weight excluding hydrogens is 350 g/mol. The van der Waals surface area contributed by atoms with Crippen LogP contribution in [0.1, 0.15) is 58.4 Å². The van der Waals surface area contributed by atoms with Gasteiger partial charge in [-0.3, -0.25) is 14.5 Å². The van der Waals surface area contributed by atoms with Crippen LogP contribution >= 0.6 is 0 Å². The van der Waals surface area contributed by atoms with Crippen LogP contribution in [-0.2, 0) is 16.0 Å². The molecule has 1 aliphatic heterocycles. The van der Waals surface area contributed by atoms with Crippen molar-refractivity contribution in [2.24, 2.45) is 5.92 Å². The Kier molecular flexibility index (Phi) is 9.48. The molecule has 0 bridgehead atoms. The van der Waals surface area contributed by atoms with Crippen molar-refractivity contribution >= 4 is 11.8 Å². The van der Waals surface area contributed by atoms with Crippen molar-refractivity contribution in [3.63, 3.8) is 0 Å². The molecule has 28 heavy (non-hydrogen) atoms. The van der Waals surface area contributed by atoms with Crippen LogP contribution in [0.2, 0.25) is 0 Å². The van der Waals surface area contributed by atoms with E-state index in [1.807, 2.05) is 6.07 Å². The molecule has 1 aromatic rings. The van der Waals surface area contributed by atoms with E-state index in [0.717, 1.165) is 58.2 Å². The highest BCUT2D eigenvalue weighted by atomic mass is 16.2. The molecular formula is C23H37N3O2. The molecule has 1 heterocycles. The van der Waals surface area contributed by atoms with Gasteiger partial charge in [0.05, 0.1) is 6.04 Å². The molecule has 2 N–H and O–H groups in total. The third-order valence-electron chi connectivity index (χ3n) is 5.32. The van der Waals surface area contributed by atoms with Crippen LogP contribution in [-0.4, -0.2) is 48.4 Å². The molecule has 1 aromatic carbocycles. The minimum Gasteiger partial charge on any atom is -0.355 e. The van der Waals surface area contributed by atoms with Crippen molar-refractivity contribution in [1.82, 2.24) is 15.5 Å². The highest BCUT2D eigenvalue weighted by Crippen LogP contribution is 2.19. The van der Waals surface area contributed by atoms with E-state index in [4.69, 9.17) is 0 Å². The first-order chi connectivity index (χ1) is 13.5. The van der Waals surface area contributed by atoms with Gasteiger partial charge < -0.3 is 10.6 Å². The Hall–Kier alpha value is -1.88. The molecule has 0 radical (unpaired) electrons. The first-order valence-electron chi connectivity index (χ1n) is 10.8. The number of amides is 2. The minimum atomic E-state index is -0.0578. The zero-order chi connectivity index (χ0) is 20.4. The minimum absolute atomic E-state index is 0.00395. The normalized spacial score (nSPS) is 18.2. The lowest BCUT2D eigenvalue weighted by Gasteiger charge is -2.29. The largest absolute Gasteiger partial charge is 0.355 e. The Morgan fingerprint density at radius 3 is 2.61 bits per heavy atom. The van der Waals surface area contributed by atoms with Gasteiger partial charge in [0.1, 0.15) is 0 Å². The average molecular weight is 388 g/mol. The molecule has 1 fully saturated rings. The Balaban J connectivity index is 1.74. The van der Waals surface area contributed by atoms with Crippen LogP contribution in [0, 0.1) is 5.92 Å².